The highest BCUT2D eigenvalue weighted by Crippen LogP contribution is 2.25. The summed E-state index contributed by atoms with van der Waals surface area (Å²) in [7, 11) is 1.82. The van der Waals surface area contributed by atoms with E-state index in [0.29, 0.717) is 0 Å². The lowest BCUT2D eigenvalue weighted by Gasteiger charge is -2.12. The second-order valence-corrected chi connectivity index (χ2v) is 6.31. The van der Waals surface area contributed by atoms with Gasteiger partial charge in [0.25, 0.3) is 0 Å². The zero-order valence-corrected chi connectivity index (χ0v) is 14.9. The third-order valence-electron chi connectivity index (χ3n) is 4.46. The number of fused-ring (bicyclic) bond motifs is 1. The van der Waals surface area contributed by atoms with E-state index in [1.807, 2.05) is 7.05 Å². The third kappa shape index (κ3) is 5.24. The van der Waals surface area contributed by atoms with Crippen LogP contribution in [-0.2, 0) is 19.3 Å². The summed E-state index contributed by atoms with van der Waals surface area (Å²) in [5.41, 5.74) is 4.06. The second kappa shape index (κ2) is 9.11. The monoisotopic (exact) mass is 337 g/mol. The Morgan fingerprint density at radius 1 is 1.00 bits per heavy atom. The quantitative estimate of drug-likeness (QED) is 0.464. The van der Waals surface area contributed by atoms with Crippen molar-refractivity contribution in [3.8, 4) is 5.75 Å². The minimum atomic E-state index is 0.816. The van der Waals surface area contributed by atoms with Crippen LogP contribution in [0.15, 0.2) is 53.5 Å². The number of ether oxygens (including phenoxy) is 1. The highest BCUT2D eigenvalue weighted by molar-refractivity contribution is 5.79. The van der Waals surface area contributed by atoms with Crippen molar-refractivity contribution in [2.75, 3.05) is 26.7 Å². The highest BCUT2D eigenvalue weighted by atomic mass is 16.5. The van der Waals surface area contributed by atoms with Crippen LogP contribution in [0.4, 0.5) is 0 Å². The van der Waals surface area contributed by atoms with Crippen molar-refractivity contribution in [1.29, 1.82) is 0 Å². The molecule has 0 radical (unpaired) electrons. The van der Waals surface area contributed by atoms with E-state index in [2.05, 4.69) is 64.2 Å². The van der Waals surface area contributed by atoms with Crippen LogP contribution in [0.2, 0.25) is 0 Å². The van der Waals surface area contributed by atoms with Crippen LogP contribution in [0.5, 0.6) is 5.75 Å². The van der Waals surface area contributed by atoms with Gasteiger partial charge in [-0.15, -0.1) is 0 Å². The second-order valence-electron chi connectivity index (χ2n) is 6.31. The van der Waals surface area contributed by atoms with E-state index in [1.165, 1.54) is 16.7 Å². The summed E-state index contributed by atoms with van der Waals surface area (Å²) in [5, 5.41) is 6.78. The smallest absolute Gasteiger partial charge is 0.190 e. The molecule has 1 heterocycles. The maximum absolute atomic E-state index is 5.56. The molecule has 2 N–H and O–H groups in total. The predicted octanol–water partition coefficient (Wildman–Crippen LogP) is 2.96. The molecule has 3 rings (SSSR count). The van der Waals surface area contributed by atoms with Gasteiger partial charge in [0.05, 0.1) is 6.61 Å². The number of nitrogens with one attached hydrogen (secondary N) is 2. The van der Waals surface area contributed by atoms with Gasteiger partial charge in [-0.25, -0.2) is 0 Å². The standard InChI is InChI=1S/C21H27N3O/c1-22-21(23-13-5-8-17-6-3-2-4-7-17)24-14-11-18-9-10-20-19(16-18)12-15-25-20/h2-4,6-7,9-10,16H,5,8,11-15H2,1H3,(H2,22,23,24). The molecule has 0 fully saturated rings. The highest BCUT2D eigenvalue weighted by Gasteiger charge is 2.11. The molecule has 25 heavy (non-hydrogen) atoms. The van der Waals surface area contributed by atoms with Crippen molar-refractivity contribution >= 4 is 5.96 Å². The molecular formula is C21H27N3O. The number of hydrogen-bond acceptors (Lipinski definition) is 2. The maximum Gasteiger partial charge on any atom is 0.190 e. The normalized spacial score (nSPS) is 13.2. The SMILES string of the molecule is CN=C(NCCCc1ccccc1)NCCc1ccc2c(c1)CCO2. The average Bonchev–Trinajstić information content (AvgIpc) is 3.12. The van der Waals surface area contributed by atoms with Gasteiger partial charge < -0.3 is 15.4 Å². The first-order valence-corrected chi connectivity index (χ1v) is 9.08. The number of guanidine groups is 1. The molecule has 0 aliphatic carbocycles. The van der Waals surface area contributed by atoms with Crippen LogP contribution in [0.3, 0.4) is 0 Å². The van der Waals surface area contributed by atoms with E-state index < -0.39 is 0 Å². The molecule has 4 heteroatoms. The molecule has 0 spiro atoms. The Hall–Kier alpha value is -2.49. The molecule has 0 bridgehead atoms. The van der Waals surface area contributed by atoms with Gasteiger partial charge in [0.1, 0.15) is 5.75 Å². The zero-order chi connectivity index (χ0) is 17.3. The summed E-state index contributed by atoms with van der Waals surface area (Å²) in [4.78, 5) is 4.30. The summed E-state index contributed by atoms with van der Waals surface area (Å²) >= 11 is 0. The summed E-state index contributed by atoms with van der Waals surface area (Å²) in [6.07, 6.45) is 4.19. The van der Waals surface area contributed by atoms with Gasteiger partial charge in [-0.2, -0.15) is 0 Å². The van der Waals surface area contributed by atoms with Crippen molar-refractivity contribution in [3.63, 3.8) is 0 Å². The van der Waals surface area contributed by atoms with Gasteiger partial charge in [0.2, 0.25) is 0 Å². The lowest BCUT2D eigenvalue weighted by molar-refractivity contribution is 0.357. The molecule has 2 aromatic carbocycles. The molecule has 0 atom stereocenters. The topological polar surface area (TPSA) is 45.7 Å². The molecule has 132 valence electrons. The average molecular weight is 337 g/mol. The first-order valence-electron chi connectivity index (χ1n) is 9.08. The Morgan fingerprint density at radius 3 is 2.68 bits per heavy atom. The molecule has 0 aromatic heterocycles. The number of aryl methyl sites for hydroxylation is 1. The first-order chi connectivity index (χ1) is 12.3. The summed E-state index contributed by atoms with van der Waals surface area (Å²) in [6, 6.07) is 17.1. The van der Waals surface area contributed by atoms with Crippen LogP contribution >= 0.6 is 0 Å². The molecule has 2 aromatic rings. The van der Waals surface area contributed by atoms with Crippen molar-refractivity contribution in [1.82, 2.24) is 10.6 Å². The van der Waals surface area contributed by atoms with E-state index in [-0.39, 0.29) is 0 Å². The number of hydrogen-bond donors (Lipinski definition) is 2. The van der Waals surface area contributed by atoms with Gasteiger partial charge in [0.15, 0.2) is 5.96 Å². The van der Waals surface area contributed by atoms with E-state index in [1.54, 1.807) is 0 Å². The molecular weight excluding hydrogens is 310 g/mol. The Kier molecular flexibility index (Phi) is 6.32. The van der Waals surface area contributed by atoms with Crippen molar-refractivity contribution in [2.45, 2.75) is 25.7 Å². The van der Waals surface area contributed by atoms with E-state index in [0.717, 1.165) is 57.1 Å². The minimum absolute atomic E-state index is 0.816. The van der Waals surface area contributed by atoms with Crippen molar-refractivity contribution < 1.29 is 4.74 Å². The number of rotatable bonds is 7. The fourth-order valence-corrected chi connectivity index (χ4v) is 3.09. The number of nitrogens with zero attached hydrogens (tertiary/aromatic N) is 1. The van der Waals surface area contributed by atoms with Crippen molar-refractivity contribution in [2.24, 2.45) is 4.99 Å². The Bertz CT molecular complexity index is 698. The van der Waals surface area contributed by atoms with Crippen LogP contribution in [-0.4, -0.2) is 32.7 Å². The number of benzene rings is 2. The first kappa shape index (κ1) is 17.3. The van der Waals surface area contributed by atoms with Crippen LogP contribution in [0, 0.1) is 0 Å². The molecule has 1 aliphatic heterocycles. The maximum atomic E-state index is 5.56. The Labute approximate surface area is 150 Å². The zero-order valence-electron chi connectivity index (χ0n) is 14.9. The molecule has 0 saturated carbocycles. The number of aliphatic imine (C=N–C) groups is 1. The van der Waals surface area contributed by atoms with Gasteiger partial charge in [-0.1, -0.05) is 42.5 Å². The van der Waals surface area contributed by atoms with E-state index >= 15 is 0 Å². The third-order valence-corrected chi connectivity index (χ3v) is 4.46. The van der Waals surface area contributed by atoms with E-state index in [9.17, 15) is 0 Å². The van der Waals surface area contributed by atoms with Crippen LogP contribution in [0.1, 0.15) is 23.1 Å². The summed E-state index contributed by atoms with van der Waals surface area (Å²) < 4.78 is 5.56. The molecule has 1 aliphatic rings. The largest absolute Gasteiger partial charge is 0.493 e. The summed E-state index contributed by atoms with van der Waals surface area (Å²) in [6.45, 7) is 2.61. The predicted molar refractivity (Wildman–Crippen MR) is 103 cm³/mol. The Morgan fingerprint density at radius 2 is 1.84 bits per heavy atom. The van der Waals surface area contributed by atoms with Gasteiger partial charge in [0, 0.05) is 26.6 Å². The van der Waals surface area contributed by atoms with Crippen molar-refractivity contribution in [3.05, 3.63) is 65.2 Å². The molecule has 0 amide bonds. The molecule has 0 saturated heterocycles. The fraction of sp³-hybridized carbons (Fsp3) is 0.381. The molecule has 0 unspecified atom stereocenters. The van der Waals surface area contributed by atoms with Gasteiger partial charge in [-0.3, -0.25) is 4.99 Å². The Balaban J connectivity index is 1.35. The van der Waals surface area contributed by atoms with Crippen LogP contribution in [0.25, 0.3) is 0 Å². The molecule has 4 nitrogen and oxygen atoms in total. The fourth-order valence-electron chi connectivity index (χ4n) is 3.09. The lowest BCUT2D eigenvalue weighted by atomic mass is 10.1. The summed E-state index contributed by atoms with van der Waals surface area (Å²) in [5.74, 6) is 1.92. The van der Waals surface area contributed by atoms with Gasteiger partial charge in [-0.05, 0) is 42.0 Å². The van der Waals surface area contributed by atoms with Crippen LogP contribution < -0.4 is 15.4 Å². The lowest BCUT2D eigenvalue weighted by Crippen LogP contribution is -2.38. The van der Waals surface area contributed by atoms with Gasteiger partial charge >= 0.3 is 0 Å². The van der Waals surface area contributed by atoms with E-state index in [4.69, 9.17) is 4.74 Å². The minimum Gasteiger partial charge on any atom is -0.493 e.